The Balaban J connectivity index is 2.08. The number of hydrogen-bond acceptors (Lipinski definition) is 4. The fourth-order valence-electron chi connectivity index (χ4n) is 1.47. The fraction of sp³-hybridized carbons (Fsp3) is 0.800. The molecule has 0 bridgehead atoms. The Hall–Kier alpha value is -1.14. The molecule has 0 aromatic carbocycles. The largest absolute Gasteiger partial charge is 0.375 e. The lowest BCUT2D eigenvalue weighted by atomic mass is 10.2. The van der Waals surface area contributed by atoms with Gasteiger partial charge in [-0.25, -0.2) is 0 Å². The van der Waals surface area contributed by atoms with Crippen molar-refractivity contribution in [3.63, 3.8) is 0 Å². The topological polar surface area (TPSA) is 79.5 Å². The second kappa shape index (κ2) is 7.19. The number of morpholine rings is 1. The standard InChI is InChI=1S/C10H19N3O3/c1-11-9(14)2-3-13-10(15)6-8-7-12-4-5-16-8/h8,12H,2-7H2,1H3,(H,11,14)(H,13,15). The molecule has 0 spiro atoms. The van der Waals surface area contributed by atoms with E-state index in [0.717, 1.165) is 6.54 Å². The van der Waals surface area contributed by atoms with Crippen LogP contribution in [0.2, 0.25) is 0 Å². The predicted molar refractivity (Wildman–Crippen MR) is 58.9 cm³/mol. The van der Waals surface area contributed by atoms with Gasteiger partial charge in [0.1, 0.15) is 0 Å². The van der Waals surface area contributed by atoms with Gasteiger partial charge in [-0.3, -0.25) is 9.59 Å². The summed E-state index contributed by atoms with van der Waals surface area (Å²) in [6.07, 6.45) is 0.612. The summed E-state index contributed by atoms with van der Waals surface area (Å²) in [5.74, 6) is -0.145. The van der Waals surface area contributed by atoms with E-state index in [1.165, 1.54) is 0 Å². The molecule has 1 atom stereocenters. The molecule has 1 saturated heterocycles. The summed E-state index contributed by atoms with van der Waals surface area (Å²) in [5, 5.41) is 8.34. The minimum absolute atomic E-state index is 0.0475. The van der Waals surface area contributed by atoms with E-state index >= 15 is 0 Å². The van der Waals surface area contributed by atoms with Crippen LogP contribution in [-0.4, -0.2) is 51.2 Å². The summed E-state index contributed by atoms with van der Waals surface area (Å²) in [7, 11) is 1.58. The van der Waals surface area contributed by atoms with Crippen LogP contribution in [0, 0.1) is 0 Å². The van der Waals surface area contributed by atoms with Crippen LogP contribution in [0.15, 0.2) is 0 Å². The van der Waals surface area contributed by atoms with Crippen LogP contribution in [0.1, 0.15) is 12.8 Å². The normalized spacial score (nSPS) is 20.2. The Bertz CT molecular complexity index is 239. The highest BCUT2D eigenvalue weighted by molar-refractivity contribution is 5.79. The molecule has 1 aliphatic heterocycles. The predicted octanol–water partition coefficient (Wildman–Crippen LogP) is -1.38. The average Bonchev–Trinajstić information content (AvgIpc) is 2.30. The van der Waals surface area contributed by atoms with Gasteiger partial charge >= 0.3 is 0 Å². The zero-order valence-corrected chi connectivity index (χ0v) is 9.54. The molecule has 6 nitrogen and oxygen atoms in total. The van der Waals surface area contributed by atoms with E-state index < -0.39 is 0 Å². The molecule has 0 aromatic rings. The first-order valence-electron chi connectivity index (χ1n) is 5.52. The smallest absolute Gasteiger partial charge is 0.222 e. The molecule has 1 aliphatic rings. The van der Waals surface area contributed by atoms with Crippen molar-refractivity contribution in [3.05, 3.63) is 0 Å². The van der Waals surface area contributed by atoms with Gasteiger partial charge in [-0.05, 0) is 0 Å². The third kappa shape index (κ3) is 5.09. The summed E-state index contributed by atoms with van der Waals surface area (Å²) < 4.78 is 5.39. The van der Waals surface area contributed by atoms with Gasteiger partial charge in [0.05, 0.1) is 19.1 Å². The third-order valence-electron chi connectivity index (χ3n) is 2.37. The van der Waals surface area contributed by atoms with Crippen LogP contribution < -0.4 is 16.0 Å². The first-order valence-corrected chi connectivity index (χ1v) is 5.52. The van der Waals surface area contributed by atoms with Crippen LogP contribution in [-0.2, 0) is 14.3 Å². The SMILES string of the molecule is CNC(=O)CCNC(=O)CC1CNCCO1. The molecule has 1 unspecified atom stereocenters. The molecular formula is C10H19N3O3. The monoisotopic (exact) mass is 229 g/mol. The van der Waals surface area contributed by atoms with Crippen molar-refractivity contribution in [2.45, 2.75) is 18.9 Å². The molecule has 6 heteroatoms. The second-order valence-corrected chi connectivity index (χ2v) is 3.67. The summed E-state index contributed by atoms with van der Waals surface area (Å²) in [5.41, 5.74) is 0. The van der Waals surface area contributed by atoms with Crippen LogP contribution in [0.5, 0.6) is 0 Å². The highest BCUT2D eigenvalue weighted by atomic mass is 16.5. The van der Waals surface area contributed by atoms with Gasteiger partial charge in [0.2, 0.25) is 11.8 Å². The molecule has 1 rings (SSSR count). The minimum atomic E-state index is -0.0733. The molecule has 0 aromatic heterocycles. The van der Waals surface area contributed by atoms with E-state index in [-0.39, 0.29) is 17.9 Å². The minimum Gasteiger partial charge on any atom is -0.375 e. The van der Waals surface area contributed by atoms with Crippen molar-refractivity contribution in [1.82, 2.24) is 16.0 Å². The fourth-order valence-corrected chi connectivity index (χ4v) is 1.47. The van der Waals surface area contributed by atoms with Gasteiger partial charge in [0.25, 0.3) is 0 Å². The molecule has 0 radical (unpaired) electrons. The van der Waals surface area contributed by atoms with Crippen LogP contribution in [0.4, 0.5) is 0 Å². The Labute approximate surface area is 95.1 Å². The van der Waals surface area contributed by atoms with Gasteiger partial charge in [0, 0.05) is 33.1 Å². The van der Waals surface area contributed by atoms with Crippen molar-refractivity contribution >= 4 is 11.8 Å². The Morgan fingerprint density at radius 2 is 2.25 bits per heavy atom. The number of amides is 2. The molecule has 3 N–H and O–H groups in total. The van der Waals surface area contributed by atoms with E-state index in [1.54, 1.807) is 7.05 Å². The maximum atomic E-state index is 11.4. The zero-order valence-electron chi connectivity index (χ0n) is 9.54. The third-order valence-corrected chi connectivity index (χ3v) is 2.37. The van der Waals surface area contributed by atoms with Crippen molar-refractivity contribution in [2.75, 3.05) is 33.3 Å². The zero-order chi connectivity index (χ0) is 11.8. The summed E-state index contributed by atoms with van der Waals surface area (Å²) in [6.45, 7) is 2.58. The lowest BCUT2D eigenvalue weighted by Crippen LogP contribution is -2.41. The first-order chi connectivity index (χ1) is 7.72. The van der Waals surface area contributed by atoms with Gasteiger partial charge in [0.15, 0.2) is 0 Å². The molecule has 1 fully saturated rings. The number of carbonyl (C=O) groups excluding carboxylic acids is 2. The van der Waals surface area contributed by atoms with E-state index in [1.807, 2.05) is 0 Å². The van der Waals surface area contributed by atoms with Crippen molar-refractivity contribution in [3.8, 4) is 0 Å². The number of ether oxygens (including phenoxy) is 1. The van der Waals surface area contributed by atoms with Gasteiger partial charge in [-0.2, -0.15) is 0 Å². The number of hydrogen-bond donors (Lipinski definition) is 3. The van der Waals surface area contributed by atoms with E-state index in [0.29, 0.717) is 32.5 Å². The molecule has 1 heterocycles. The molecule has 92 valence electrons. The average molecular weight is 229 g/mol. The highest BCUT2D eigenvalue weighted by Gasteiger charge is 2.16. The van der Waals surface area contributed by atoms with Crippen LogP contribution in [0.3, 0.4) is 0 Å². The maximum absolute atomic E-state index is 11.4. The van der Waals surface area contributed by atoms with Crippen LogP contribution in [0.25, 0.3) is 0 Å². The Kier molecular flexibility index (Phi) is 5.81. The molecule has 16 heavy (non-hydrogen) atoms. The Morgan fingerprint density at radius 1 is 1.44 bits per heavy atom. The van der Waals surface area contributed by atoms with Crippen LogP contribution >= 0.6 is 0 Å². The lowest BCUT2D eigenvalue weighted by molar-refractivity contribution is -0.124. The van der Waals surface area contributed by atoms with E-state index in [9.17, 15) is 9.59 Å². The van der Waals surface area contributed by atoms with E-state index in [2.05, 4.69) is 16.0 Å². The molecular weight excluding hydrogens is 210 g/mol. The molecule has 0 saturated carbocycles. The first kappa shape index (κ1) is 12.9. The van der Waals surface area contributed by atoms with E-state index in [4.69, 9.17) is 4.74 Å². The summed E-state index contributed by atoms with van der Waals surface area (Å²) >= 11 is 0. The summed E-state index contributed by atoms with van der Waals surface area (Å²) in [4.78, 5) is 22.3. The number of carbonyl (C=O) groups is 2. The Morgan fingerprint density at radius 3 is 2.88 bits per heavy atom. The lowest BCUT2D eigenvalue weighted by Gasteiger charge is -2.22. The van der Waals surface area contributed by atoms with Crippen molar-refractivity contribution in [1.29, 1.82) is 0 Å². The second-order valence-electron chi connectivity index (χ2n) is 3.67. The van der Waals surface area contributed by atoms with Gasteiger partial charge < -0.3 is 20.7 Å². The molecule has 0 aliphatic carbocycles. The maximum Gasteiger partial charge on any atom is 0.222 e. The van der Waals surface area contributed by atoms with Crippen molar-refractivity contribution in [2.24, 2.45) is 0 Å². The highest BCUT2D eigenvalue weighted by Crippen LogP contribution is 2.00. The number of rotatable bonds is 5. The van der Waals surface area contributed by atoms with Gasteiger partial charge in [-0.15, -0.1) is 0 Å². The number of nitrogens with one attached hydrogen (secondary N) is 3. The summed E-state index contributed by atoms with van der Waals surface area (Å²) in [6, 6.07) is 0. The van der Waals surface area contributed by atoms with Gasteiger partial charge in [-0.1, -0.05) is 0 Å². The molecule has 2 amide bonds. The van der Waals surface area contributed by atoms with Crippen molar-refractivity contribution < 1.29 is 14.3 Å². The quantitative estimate of drug-likeness (QED) is 0.543.